The molecule has 2 aromatic rings. The molecule has 0 fully saturated rings. The summed E-state index contributed by atoms with van der Waals surface area (Å²) in [5, 5.41) is 11.0. The summed E-state index contributed by atoms with van der Waals surface area (Å²) in [5.41, 5.74) is 0. The molecule has 0 atom stereocenters. The molecule has 0 radical (unpaired) electrons. The molecule has 1 amide bonds. The Balaban J connectivity index is 2.34. The number of nitrogens with zero attached hydrogens (tertiary/aromatic N) is 1. The zero-order valence-electron chi connectivity index (χ0n) is 11.2. The minimum atomic E-state index is -3.74. The molecular weight excluding hydrogens is 396 g/mol. The number of aromatic nitrogens is 1. The molecule has 1 aromatic heterocycles. The SMILES string of the molecule is COc1cc(Br)cc(S(=O)(=O)c2cnc(CNC(=O)O)s2)c1. The molecule has 2 rings (SSSR count). The summed E-state index contributed by atoms with van der Waals surface area (Å²) in [6, 6.07) is 4.52. The first-order valence-electron chi connectivity index (χ1n) is 5.84. The van der Waals surface area contributed by atoms with E-state index in [-0.39, 0.29) is 15.6 Å². The first-order valence-corrected chi connectivity index (χ1v) is 8.93. The molecule has 0 aliphatic rings. The fourth-order valence-corrected chi connectivity index (χ4v) is 4.78. The standard InChI is InChI=1S/C12H11BrN2O5S2/c1-20-8-2-7(13)3-9(4-8)22(18,19)11-6-14-10(21-11)5-15-12(16)17/h2-4,6,15H,5H2,1H3,(H,16,17). The molecule has 0 spiro atoms. The highest BCUT2D eigenvalue weighted by atomic mass is 79.9. The predicted octanol–water partition coefficient (Wildman–Crippen LogP) is 2.51. The zero-order valence-corrected chi connectivity index (χ0v) is 14.5. The van der Waals surface area contributed by atoms with Crippen molar-refractivity contribution in [2.45, 2.75) is 15.6 Å². The van der Waals surface area contributed by atoms with Crippen LogP contribution in [-0.2, 0) is 16.4 Å². The van der Waals surface area contributed by atoms with E-state index in [9.17, 15) is 13.2 Å². The van der Waals surface area contributed by atoms with Gasteiger partial charge < -0.3 is 15.2 Å². The van der Waals surface area contributed by atoms with Gasteiger partial charge in [0.2, 0.25) is 9.84 Å². The van der Waals surface area contributed by atoms with Crippen LogP contribution in [0.15, 0.2) is 38.0 Å². The van der Waals surface area contributed by atoms with Crippen molar-refractivity contribution < 1.29 is 23.1 Å². The molecule has 10 heteroatoms. The van der Waals surface area contributed by atoms with Crippen LogP contribution in [0.25, 0.3) is 0 Å². The van der Waals surface area contributed by atoms with Crippen LogP contribution in [0.5, 0.6) is 5.75 Å². The van der Waals surface area contributed by atoms with Gasteiger partial charge in [0.1, 0.15) is 15.0 Å². The van der Waals surface area contributed by atoms with Crippen LogP contribution in [0.3, 0.4) is 0 Å². The molecule has 22 heavy (non-hydrogen) atoms. The minimum absolute atomic E-state index is 0.0369. The fraction of sp³-hybridized carbons (Fsp3) is 0.167. The number of carboxylic acid groups (broad SMARTS) is 1. The number of benzene rings is 1. The number of methoxy groups -OCH3 is 1. The van der Waals surface area contributed by atoms with Crippen LogP contribution >= 0.6 is 27.3 Å². The molecule has 1 aromatic carbocycles. The number of amides is 1. The van der Waals surface area contributed by atoms with Gasteiger partial charge in [0.05, 0.1) is 24.7 Å². The van der Waals surface area contributed by atoms with Gasteiger partial charge >= 0.3 is 6.09 Å². The Kier molecular flexibility index (Phi) is 5.04. The van der Waals surface area contributed by atoms with Crippen LogP contribution in [0.4, 0.5) is 4.79 Å². The second-order valence-electron chi connectivity index (χ2n) is 4.06. The van der Waals surface area contributed by atoms with E-state index >= 15 is 0 Å². The van der Waals surface area contributed by atoms with Gasteiger partial charge in [0.15, 0.2) is 0 Å². The minimum Gasteiger partial charge on any atom is -0.497 e. The number of sulfone groups is 1. The van der Waals surface area contributed by atoms with Gasteiger partial charge in [-0.25, -0.2) is 18.2 Å². The van der Waals surface area contributed by atoms with Crippen LogP contribution in [-0.4, -0.2) is 31.7 Å². The molecule has 0 aliphatic heterocycles. The van der Waals surface area contributed by atoms with E-state index in [1.165, 1.54) is 25.4 Å². The monoisotopic (exact) mass is 406 g/mol. The summed E-state index contributed by atoms with van der Waals surface area (Å²) in [7, 11) is -2.30. The van der Waals surface area contributed by atoms with Crippen LogP contribution in [0.1, 0.15) is 5.01 Å². The first kappa shape index (κ1) is 16.7. The van der Waals surface area contributed by atoms with Crippen molar-refractivity contribution in [1.82, 2.24) is 10.3 Å². The molecule has 1 heterocycles. The molecule has 0 saturated heterocycles. The Morgan fingerprint density at radius 3 is 2.82 bits per heavy atom. The highest BCUT2D eigenvalue weighted by Crippen LogP contribution is 2.30. The van der Waals surface area contributed by atoms with E-state index in [1.807, 2.05) is 0 Å². The third-order valence-electron chi connectivity index (χ3n) is 2.58. The van der Waals surface area contributed by atoms with Crippen molar-refractivity contribution in [3.8, 4) is 5.75 Å². The molecular formula is C12H11BrN2O5S2. The van der Waals surface area contributed by atoms with E-state index in [4.69, 9.17) is 9.84 Å². The average Bonchev–Trinajstić information content (AvgIpc) is 2.94. The number of carbonyl (C=O) groups is 1. The van der Waals surface area contributed by atoms with Crippen LogP contribution in [0.2, 0.25) is 0 Å². The maximum Gasteiger partial charge on any atom is 0.405 e. The predicted molar refractivity (Wildman–Crippen MR) is 83.1 cm³/mol. The number of thiazole rings is 1. The van der Waals surface area contributed by atoms with Crippen molar-refractivity contribution in [2.75, 3.05) is 7.11 Å². The molecule has 0 saturated carbocycles. The van der Waals surface area contributed by atoms with Gasteiger partial charge in [0, 0.05) is 4.47 Å². The first-order chi connectivity index (χ1) is 10.3. The number of rotatable bonds is 5. The van der Waals surface area contributed by atoms with Gasteiger partial charge in [-0.05, 0) is 18.2 Å². The van der Waals surface area contributed by atoms with E-state index in [0.29, 0.717) is 15.2 Å². The summed E-state index contributed by atoms with van der Waals surface area (Å²) < 4.78 is 30.8. The Morgan fingerprint density at radius 2 is 2.18 bits per heavy atom. The molecule has 118 valence electrons. The van der Waals surface area contributed by atoms with Gasteiger partial charge in [0.25, 0.3) is 0 Å². The smallest absolute Gasteiger partial charge is 0.405 e. The molecule has 0 unspecified atom stereocenters. The number of nitrogens with one attached hydrogen (secondary N) is 1. The summed E-state index contributed by atoms with van der Waals surface area (Å²) in [5.74, 6) is 0.408. The topological polar surface area (TPSA) is 106 Å². The second-order valence-corrected chi connectivity index (χ2v) is 8.27. The lowest BCUT2D eigenvalue weighted by atomic mass is 10.3. The van der Waals surface area contributed by atoms with Crippen molar-refractivity contribution in [2.24, 2.45) is 0 Å². The Morgan fingerprint density at radius 1 is 1.45 bits per heavy atom. The molecule has 2 N–H and O–H groups in total. The quantitative estimate of drug-likeness (QED) is 0.789. The van der Waals surface area contributed by atoms with E-state index in [2.05, 4.69) is 26.2 Å². The Bertz CT molecular complexity index is 804. The lowest BCUT2D eigenvalue weighted by Gasteiger charge is -2.05. The second kappa shape index (κ2) is 6.63. The van der Waals surface area contributed by atoms with Gasteiger partial charge in [-0.15, -0.1) is 11.3 Å². The number of hydrogen-bond acceptors (Lipinski definition) is 6. The van der Waals surface area contributed by atoms with Crippen molar-refractivity contribution in [1.29, 1.82) is 0 Å². The Hall–Kier alpha value is -1.65. The summed E-state index contributed by atoms with van der Waals surface area (Å²) >= 11 is 4.15. The normalized spacial score (nSPS) is 11.2. The fourth-order valence-electron chi connectivity index (χ4n) is 1.58. The third-order valence-corrected chi connectivity index (χ3v) is 6.23. The average molecular weight is 407 g/mol. The summed E-state index contributed by atoms with van der Waals surface area (Å²) in [6.07, 6.45) is 0.0167. The van der Waals surface area contributed by atoms with Crippen LogP contribution in [0, 0.1) is 0 Å². The zero-order chi connectivity index (χ0) is 16.3. The lowest BCUT2D eigenvalue weighted by Crippen LogP contribution is -2.19. The molecule has 0 bridgehead atoms. The highest BCUT2D eigenvalue weighted by Gasteiger charge is 2.22. The number of hydrogen-bond donors (Lipinski definition) is 2. The highest BCUT2D eigenvalue weighted by molar-refractivity contribution is 9.10. The molecule has 7 nitrogen and oxygen atoms in total. The number of ether oxygens (including phenoxy) is 1. The maximum atomic E-state index is 12.6. The third kappa shape index (κ3) is 3.76. The van der Waals surface area contributed by atoms with E-state index in [1.54, 1.807) is 6.07 Å². The summed E-state index contributed by atoms with van der Waals surface area (Å²) in [6.45, 7) is -0.0443. The van der Waals surface area contributed by atoms with Gasteiger partial charge in [-0.3, -0.25) is 0 Å². The Labute approximate surface area is 139 Å². The lowest BCUT2D eigenvalue weighted by molar-refractivity contribution is 0.194. The van der Waals surface area contributed by atoms with Crippen molar-refractivity contribution in [3.63, 3.8) is 0 Å². The largest absolute Gasteiger partial charge is 0.497 e. The maximum absolute atomic E-state index is 12.6. The molecule has 0 aliphatic carbocycles. The summed E-state index contributed by atoms with van der Waals surface area (Å²) in [4.78, 5) is 14.4. The van der Waals surface area contributed by atoms with Crippen molar-refractivity contribution in [3.05, 3.63) is 33.9 Å². The van der Waals surface area contributed by atoms with Crippen LogP contribution < -0.4 is 10.1 Å². The van der Waals surface area contributed by atoms with Crippen molar-refractivity contribution >= 4 is 43.2 Å². The van der Waals surface area contributed by atoms with Gasteiger partial charge in [-0.2, -0.15) is 0 Å². The number of halogens is 1. The van der Waals surface area contributed by atoms with E-state index < -0.39 is 15.9 Å². The van der Waals surface area contributed by atoms with E-state index in [0.717, 1.165) is 11.3 Å². The van der Waals surface area contributed by atoms with Gasteiger partial charge in [-0.1, -0.05) is 15.9 Å².